The van der Waals surface area contributed by atoms with E-state index in [1.54, 1.807) is 0 Å². The SMILES string of the molecule is Cc1ccc(C(CCO)c2c(C)cc(C)cc2C)cc1. The van der Waals surface area contributed by atoms with Gasteiger partial charge >= 0.3 is 0 Å². The lowest BCUT2D eigenvalue weighted by Gasteiger charge is -2.22. The van der Waals surface area contributed by atoms with Gasteiger partial charge in [-0.1, -0.05) is 47.5 Å². The van der Waals surface area contributed by atoms with Crippen molar-refractivity contribution in [2.24, 2.45) is 0 Å². The van der Waals surface area contributed by atoms with Crippen molar-refractivity contribution in [2.75, 3.05) is 6.61 Å². The Kier molecular flexibility index (Phi) is 4.61. The first-order valence-corrected chi connectivity index (χ1v) is 7.28. The lowest BCUT2D eigenvalue weighted by atomic mass is 9.83. The average molecular weight is 268 g/mol. The summed E-state index contributed by atoms with van der Waals surface area (Å²) in [5.74, 6) is 0.279. The summed E-state index contributed by atoms with van der Waals surface area (Å²) in [5.41, 5.74) is 7.88. The Morgan fingerprint density at radius 3 is 1.90 bits per heavy atom. The van der Waals surface area contributed by atoms with E-state index in [4.69, 9.17) is 0 Å². The second-order valence-electron chi connectivity index (χ2n) is 5.79. The molecule has 1 N–H and O–H groups in total. The molecule has 106 valence electrons. The zero-order valence-electron chi connectivity index (χ0n) is 12.9. The van der Waals surface area contributed by atoms with Gasteiger partial charge in [0.15, 0.2) is 0 Å². The van der Waals surface area contributed by atoms with Crippen LogP contribution in [0.1, 0.15) is 45.7 Å². The van der Waals surface area contributed by atoms with E-state index < -0.39 is 0 Å². The van der Waals surface area contributed by atoms with Crippen LogP contribution in [0.3, 0.4) is 0 Å². The van der Waals surface area contributed by atoms with Gasteiger partial charge in [0.1, 0.15) is 0 Å². The topological polar surface area (TPSA) is 20.2 Å². The molecular formula is C19H24O. The van der Waals surface area contributed by atoms with Crippen molar-refractivity contribution in [3.8, 4) is 0 Å². The Bertz CT molecular complexity index is 558. The highest BCUT2D eigenvalue weighted by atomic mass is 16.3. The largest absolute Gasteiger partial charge is 0.396 e. The fourth-order valence-corrected chi connectivity index (χ4v) is 3.15. The van der Waals surface area contributed by atoms with Crippen LogP contribution in [0.15, 0.2) is 36.4 Å². The van der Waals surface area contributed by atoms with Crippen LogP contribution in [-0.4, -0.2) is 11.7 Å². The van der Waals surface area contributed by atoms with Crippen LogP contribution in [0.2, 0.25) is 0 Å². The smallest absolute Gasteiger partial charge is 0.0440 e. The van der Waals surface area contributed by atoms with Crippen LogP contribution in [0.4, 0.5) is 0 Å². The van der Waals surface area contributed by atoms with Crippen LogP contribution in [0.5, 0.6) is 0 Å². The lowest BCUT2D eigenvalue weighted by molar-refractivity contribution is 0.281. The maximum absolute atomic E-state index is 9.45. The van der Waals surface area contributed by atoms with E-state index in [1.807, 2.05) is 0 Å². The molecule has 0 spiro atoms. The van der Waals surface area contributed by atoms with Gasteiger partial charge in [0.25, 0.3) is 0 Å². The maximum atomic E-state index is 9.45. The van der Waals surface area contributed by atoms with E-state index in [2.05, 4.69) is 64.1 Å². The minimum absolute atomic E-state index is 0.214. The van der Waals surface area contributed by atoms with E-state index in [1.165, 1.54) is 33.4 Å². The number of hydrogen-bond acceptors (Lipinski definition) is 1. The summed E-state index contributed by atoms with van der Waals surface area (Å²) < 4.78 is 0. The Balaban J connectivity index is 2.51. The molecular weight excluding hydrogens is 244 g/mol. The highest BCUT2D eigenvalue weighted by Crippen LogP contribution is 2.33. The molecule has 0 aliphatic carbocycles. The Hall–Kier alpha value is -1.60. The summed E-state index contributed by atoms with van der Waals surface area (Å²) in [7, 11) is 0. The summed E-state index contributed by atoms with van der Waals surface area (Å²) in [5, 5.41) is 9.45. The highest BCUT2D eigenvalue weighted by Gasteiger charge is 2.18. The Labute approximate surface area is 122 Å². The van der Waals surface area contributed by atoms with Gasteiger partial charge in [-0.2, -0.15) is 0 Å². The number of aryl methyl sites for hydroxylation is 4. The van der Waals surface area contributed by atoms with Gasteiger partial charge in [-0.25, -0.2) is 0 Å². The molecule has 1 atom stereocenters. The fourth-order valence-electron chi connectivity index (χ4n) is 3.15. The molecule has 0 saturated carbocycles. The molecule has 0 amide bonds. The summed E-state index contributed by atoms with van der Waals surface area (Å²) in [6.07, 6.45) is 0.772. The highest BCUT2D eigenvalue weighted by molar-refractivity contribution is 5.44. The zero-order valence-corrected chi connectivity index (χ0v) is 12.9. The molecule has 0 aliphatic rings. The molecule has 2 aromatic carbocycles. The van der Waals surface area contributed by atoms with Gasteiger partial charge < -0.3 is 5.11 Å². The Morgan fingerprint density at radius 2 is 1.40 bits per heavy atom. The van der Waals surface area contributed by atoms with Crippen LogP contribution in [0, 0.1) is 27.7 Å². The first-order chi connectivity index (χ1) is 9.52. The van der Waals surface area contributed by atoms with Gasteiger partial charge in [0.05, 0.1) is 0 Å². The summed E-state index contributed by atoms with van der Waals surface area (Å²) >= 11 is 0. The monoisotopic (exact) mass is 268 g/mol. The van der Waals surface area contributed by atoms with Gasteiger partial charge in [0.2, 0.25) is 0 Å². The number of rotatable bonds is 4. The summed E-state index contributed by atoms with van der Waals surface area (Å²) in [6.45, 7) is 8.80. The van der Waals surface area contributed by atoms with Gasteiger partial charge in [-0.05, 0) is 56.4 Å². The van der Waals surface area contributed by atoms with Crippen LogP contribution < -0.4 is 0 Å². The van der Waals surface area contributed by atoms with Crippen molar-refractivity contribution in [1.29, 1.82) is 0 Å². The molecule has 0 bridgehead atoms. The van der Waals surface area contributed by atoms with Crippen molar-refractivity contribution in [3.63, 3.8) is 0 Å². The standard InChI is InChI=1S/C19H24O/c1-13-5-7-17(8-6-13)18(9-10-20)19-15(3)11-14(2)12-16(19)4/h5-8,11-12,18,20H,9-10H2,1-4H3. The van der Waals surface area contributed by atoms with Crippen LogP contribution in [0.25, 0.3) is 0 Å². The van der Waals surface area contributed by atoms with Gasteiger partial charge in [0, 0.05) is 12.5 Å². The molecule has 1 unspecified atom stereocenters. The molecule has 0 radical (unpaired) electrons. The minimum atomic E-state index is 0.214. The Morgan fingerprint density at radius 1 is 0.850 bits per heavy atom. The molecule has 20 heavy (non-hydrogen) atoms. The predicted octanol–water partition coefficient (Wildman–Crippen LogP) is 4.43. The third kappa shape index (κ3) is 3.10. The number of aliphatic hydroxyl groups is 1. The van der Waals surface area contributed by atoms with Gasteiger partial charge in [-0.3, -0.25) is 0 Å². The molecule has 0 heterocycles. The molecule has 0 saturated heterocycles. The molecule has 0 aliphatic heterocycles. The van der Waals surface area contributed by atoms with Crippen molar-refractivity contribution < 1.29 is 5.11 Å². The normalized spacial score (nSPS) is 12.4. The summed E-state index contributed by atoms with van der Waals surface area (Å²) in [6, 6.07) is 13.2. The first-order valence-electron chi connectivity index (χ1n) is 7.28. The minimum Gasteiger partial charge on any atom is -0.396 e. The van der Waals surface area contributed by atoms with Gasteiger partial charge in [-0.15, -0.1) is 0 Å². The number of benzene rings is 2. The van der Waals surface area contributed by atoms with E-state index in [-0.39, 0.29) is 12.5 Å². The van der Waals surface area contributed by atoms with E-state index in [0.717, 1.165) is 6.42 Å². The third-order valence-corrected chi connectivity index (χ3v) is 3.98. The molecule has 2 rings (SSSR count). The summed E-state index contributed by atoms with van der Waals surface area (Å²) in [4.78, 5) is 0. The molecule has 2 aromatic rings. The second kappa shape index (κ2) is 6.23. The van der Waals surface area contributed by atoms with E-state index in [0.29, 0.717) is 0 Å². The van der Waals surface area contributed by atoms with Crippen LogP contribution >= 0.6 is 0 Å². The van der Waals surface area contributed by atoms with Crippen molar-refractivity contribution >= 4 is 0 Å². The lowest BCUT2D eigenvalue weighted by Crippen LogP contribution is -2.08. The predicted molar refractivity (Wildman–Crippen MR) is 85.4 cm³/mol. The molecule has 1 nitrogen and oxygen atoms in total. The first kappa shape index (κ1) is 14.8. The number of aliphatic hydroxyl groups excluding tert-OH is 1. The fraction of sp³-hybridized carbons (Fsp3) is 0.368. The van der Waals surface area contributed by atoms with Crippen LogP contribution in [-0.2, 0) is 0 Å². The third-order valence-electron chi connectivity index (χ3n) is 3.98. The maximum Gasteiger partial charge on any atom is 0.0440 e. The van der Waals surface area contributed by atoms with Crippen molar-refractivity contribution in [1.82, 2.24) is 0 Å². The quantitative estimate of drug-likeness (QED) is 0.869. The van der Waals surface area contributed by atoms with E-state index >= 15 is 0 Å². The average Bonchev–Trinajstić information content (AvgIpc) is 2.37. The van der Waals surface area contributed by atoms with Crippen molar-refractivity contribution in [2.45, 2.75) is 40.0 Å². The van der Waals surface area contributed by atoms with E-state index in [9.17, 15) is 5.11 Å². The molecule has 0 fully saturated rings. The van der Waals surface area contributed by atoms with Crippen molar-refractivity contribution in [3.05, 3.63) is 69.8 Å². The molecule has 1 heteroatoms. The number of hydrogen-bond donors (Lipinski definition) is 1. The molecule has 0 aromatic heterocycles. The second-order valence-corrected chi connectivity index (χ2v) is 5.79. The zero-order chi connectivity index (χ0) is 14.7.